The SMILES string of the molecule is CC(C)N(Cc1nc(N)nc(N)n1)CC1CCCCN1. The predicted octanol–water partition coefficient (Wildman–Crippen LogP) is 0.389. The maximum atomic E-state index is 5.62. The Labute approximate surface area is 120 Å². The highest BCUT2D eigenvalue weighted by Gasteiger charge is 2.19. The molecule has 0 amide bonds. The van der Waals surface area contributed by atoms with Crippen molar-refractivity contribution >= 4 is 11.9 Å². The summed E-state index contributed by atoms with van der Waals surface area (Å²) in [6.45, 7) is 7.10. The summed E-state index contributed by atoms with van der Waals surface area (Å²) in [6.07, 6.45) is 3.80. The minimum absolute atomic E-state index is 0.187. The van der Waals surface area contributed by atoms with Crippen molar-refractivity contribution in [3.63, 3.8) is 0 Å². The van der Waals surface area contributed by atoms with Crippen LogP contribution in [0.5, 0.6) is 0 Å². The van der Waals surface area contributed by atoms with Gasteiger partial charge in [0, 0.05) is 18.6 Å². The predicted molar refractivity (Wildman–Crippen MR) is 79.8 cm³/mol. The molecule has 2 rings (SSSR count). The van der Waals surface area contributed by atoms with Crippen LogP contribution in [0.4, 0.5) is 11.9 Å². The molecule has 1 aromatic rings. The number of anilines is 2. The van der Waals surface area contributed by atoms with Gasteiger partial charge in [0.1, 0.15) is 5.82 Å². The Morgan fingerprint density at radius 2 is 1.90 bits per heavy atom. The van der Waals surface area contributed by atoms with E-state index >= 15 is 0 Å². The van der Waals surface area contributed by atoms with Crippen LogP contribution in [0.25, 0.3) is 0 Å². The minimum atomic E-state index is 0.187. The summed E-state index contributed by atoms with van der Waals surface area (Å²) in [7, 11) is 0. The van der Waals surface area contributed by atoms with Gasteiger partial charge in [-0.1, -0.05) is 6.42 Å². The molecular weight excluding hydrogens is 254 g/mol. The number of hydrogen-bond donors (Lipinski definition) is 3. The van der Waals surface area contributed by atoms with E-state index < -0.39 is 0 Å². The molecular formula is C13H25N7. The Morgan fingerprint density at radius 3 is 2.45 bits per heavy atom. The van der Waals surface area contributed by atoms with Crippen LogP contribution >= 0.6 is 0 Å². The topological polar surface area (TPSA) is 106 Å². The summed E-state index contributed by atoms with van der Waals surface area (Å²) in [5.41, 5.74) is 11.2. The number of aromatic nitrogens is 3. The van der Waals surface area contributed by atoms with Crippen LogP contribution < -0.4 is 16.8 Å². The normalized spacial score (nSPS) is 19.7. The third-order valence-corrected chi connectivity index (χ3v) is 3.66. The zero-order valence-electron chi connectivity index (χ0n) is 12.3. The molecule has 1 saturated heterocycles. The number of nitrogens with zero attached hydrogens (tertiary/aromatic N) is 4. The van der Waals surface area contributed by atoms with Gasteiger partial charge in [0.25, 0.3) is 0 Å². The molecule has 7 heteroatoms. The van der Waals surface area contributed by atoms with Crippen LogP contribution in [-0.4, -0.2) is 45.0 Å². The quantitative estimate of drug-likeness (QED) is 0.715. The summed E-state index contributed by atoms with van der Waals surface area (Å²) in [4.78, 5) is 14.5. The van der Waals surface area contributed by atoms with Crippen molar-refractivity contribution in [1.29, 1.82) is 0 Å². The lowest BCUT2D eigenvalue weighted by molar-refractivity contribution is 0.173. The van der Waals surface area contributed by atoms with Crippen molar-refractivity contribution in [2.75, 3.05) is 24.6 Å². The number of piperidine rings is 1. The monoisotopic (exact) mass is 279 g/mol. The van der Waals surface area contributed by atoms with E-state index in [1.807, 2.05) is 0 Å². The lowest BCUT2D eigenvalue weighted by atomic mass is 10.0. The maximum Gasteiger partial charge on any atom is 0.225 e. The van der Waals surface area contributed by atoms with Crippen LogP contribution in [0.2, 0.25) is 0 Å². The van der Waals surface area contributed by atoms with E-state index in [1.165, 1.54) is 19.3 Å². The zero-order valence-corrected chi connectivity index (χ0v) is 12.3. The summed E-state index contributed by atoms with van der Waals surface area (Å²) in [5, 5.41) is 3.57. The number of hydrogen-bond acceptors (Lipinski definition) is 7. The van der Waals surface area contributed by atoms with Crippen LogP contribution in [0.3, 0.4) is 0 Å². The Morgan fingerprint density at radius 1 is 1.20 bits per heavy atom. The third-order valence-electron chi connectivity index (χ3n) is 3.66. The molecule has 1 aliphatic heterocycles. The summed E-state index contributed by atoms with van der Waals surface area (Å²) >= 11 is 0. The van der Waals surface area contributed by atoms with E-state index in [4.69, 9.17) is 11.5 Å². The van der Waals surface area contributed by atoms with Gasteiger partial charge < -0.3 is 16.8 Å². The molecule has 7 nitrogen and oxygen atoms in total. The smallest absolute Gasteiger partial charge is 0.225 e. The van der Waals surface area contributed by atoms with Gasteiger partial charge in [-0.25, -0.2) is 0 Å². The summed E-state index contributed by atoms with van der Waals surface area (Å²) in [6, 6.07) is 0.959. The fourth-order valence-corrected chi connectivity index (χ4v) is 2.53. The second-order valence-electron chi connectivity index (χ2n) is 5.64. The van der Waals surface area contributed by atoms with Gasteiger partial charge in [-0.15, -0.1) is 0 Å². The molecule has 0 saturated carbocycles. The number of nitrogen functional groups attached to an aromatic ring is 2. The summed E-state index contributed by atoms with van der Waals surface area (Å²) < 4.78 is 0. The molecule has 0 aliphatic carbocycles. The lowest BCUT2D eigenvalue weighted by Crippen LogP contribution is -2.45. The number of nitrogens with one attached hydrogen (secondary N) is 1. The average Bonchev–Trinajstić information content (AvgIpc) is 2.38. The van der Waals surface area contributed by atoms with E-state index in [0.717, 1.165) is 13.1 Å². The molecule has 112 valence electrons. The van der Waals surface area contributed by atoms with Gasteiger partial charge in [0.2, 0.25) is 11.9 Å². The van der Waals surface area contributed by atoms with Crippen LogP contribution in [0.1, 0.15) is 38.9 Å². The van der Waals surface area contributed by atoms with Crippen molar-refractivity contribution < 1.29 is 0 Å². The standard InChI is InChI=1S/C13H25N7/c1-9(2)20(7-10-5-3-4-6-16-10)8-11-17-12(14)19-13(15)18-11/h9-10,16H,3-8H2,1-2H3,(H4,14,15,17,18,19). The fraction of sp³-hybridized carbons (Fsp3) is 0.769. The fourth-order valence-electron chi connectivity index (χ4n) is 2.53. The van der Waals surface area contributed by atoms with Gasteiger partial charge in [-0.05, 0) is 33.2 Å². The second kappa shape index (κ2) is 6.81. The Bertz CT molecular complexity index is 408. The highest BCUT2D eigenvalue weighted by molar-refractivity contribution is 5.25. The van der Waals surface area contributed by atoms with Crippen molar-refractivity contribution in [3.8, 4) is 0 Å². The van der Waals surface area contributed by atoms with Gasteiger partial charge in [0.15, 0.2) is 0 Å². The summed E-state index contributed by atoms with van der Waals surface area (Å²) in [5.74, 6) is 1.01. The molecule has 0 radical (unpaired) electrons. The second-order valence-corrected chi connectivity index (χ2v) is 5.64. The Hall–Kier alpha value is -1.47. The molecule has 5 N–H and O–H groups in total. The highest BCUT2D eigenvalue weighted by Crippen LogP contribution is 2.12. The maximum absolute atomic E-state index is 5.62. The molecule has 1 fully saturated rings. The molecule has 1 atom stereocenters. The highest BCUT2D eigenvalue weighted by atomic mass is 15.2. The van der Waals surface area contributed by atoms with Gasteiger partial charge in [-0.3, -0.25) is 4.90 Å². The van der Waals surface area contributed by atoms with Crippen LogP contribution in [0.15, 0.2) is 0 Å². The first kappa shape index (κ1) is 14.9. The number of rotatable bonds is 5. The Balaban J connectivity index is 2.00. The molecule has 0 aromatic carbocycles. The first-order valence-corrected chi connectivity index (χ1v) is 7.28. The molecule has 1 aliphatic rings. The number of nitrogens with two attached hydrogens (primary N) is 2. The molecule has 1 aromatic heterocycles. The minimum Gasteiger partial charge on any atom is -0.368 e. The van der Waals surface area contributed by atoms with Crippen LogP contribution in [-0.2, 0) is 6.54 Å². The van der Waals surface area contributed by atoms with Crippen LogP contribution in [0, 0.1) is 0 Å². The van der Waals surface area contributed by atoms with Crippen molar-refractivity contribution in [1.82, 2.24) is 25.2 Å². The van der Waals surface area contributed by atoms with Gasteiger partial charge in [-0.2, -0.15) is 15.0 Å². The van der Waals surface area contributed by atoms with Crippen molar-refractivity contribution in [3.05, 3.63) is 5.82 Å². The lowest BCUT2D eigenvalue weighted by Gasteiger charge is -2.32. The van der Waals surface area contributed by atoms with Crippen molar-refractivity contribution in [2.45, 2.75) is 51.7 Å². The zero-order chi connectivity index (χ0) is 14.5. The third kappa shape index (κ3) is 4.28. The van der Waals surface area contributed by atoms with Gasteiger partial charge >= 0.3 is 0 Å². The van der Waals surface area contributed by atoms with E-state index in [1.54, 1.807) is 0 Å². The van der Waals surface area contributed by atoms with Gasteiger partial charge in [0.05, 0.1) is 6.54 Å². The largest absolute Gasteiger partial charge is 0.368 e. The molecule has 0 bridgehead atoms. The van der Waals surface area contributed by atoms with E-state index in [9.17, 15) is 0 Å². The average molecular weight is 279 g/mol. The molecule has 0 spiro atoms. The first-order chi connectivity index (χ1) is 9.54. The first-order valence-electron chi connectivity index (χ1n) is 7.28. The van der Waals surface area contributed by atoms with E-state index in [2.05, 4.69) is 39.0 Å². The van der Waals surface area contributed by atoms with E-state index in [-0.39, 0.29) is 11.9 Å². The molecule has 20 heavy (non-hydrogen) atoms. The van der Waals surface area contributed by atoms with E-state index in [0.29, 0.717) is 24.5 Å². The molecule has 2 heterocycles. The Kier molecular flexibility index (Phi) is 5.08. The van der Waals surface area contributed by atoms with Crippen molar-refractivity contribution in [2.24, 2.45) is 0 Å². The molecule has 1 unspecified atom stereocenters.